The number of anilines is 1. The van der Waals surface area contributed by atoms with Crippen molar-refractivity contribution in [3.63, 3.8) is 0 Å². The number of hydrogen-bond donors (Lipinski definition) is 3. The number of esters is 1. The number of fused-ring (bicyclic) bond motifs is 4. The SMILES string of the molecule is CC(C)[C@@H]1NC(=O)[C@@H](CC(=O)OCc2ccccc2)Cc2ccc3c(c2)[C@@]2(c4cccc(Br)c4NC2O3)c2oc1nc2C(=O)O. The zero-order valence-corrected chi connectivity index (χ0v) is 26.1. The second kappa shape index (κ2) is 11.1. The summed E-state index contributed by atoms with van der Waals surface area (Å²) in [6.07, 6.45) is -0.643. The van der Waals surface area contributed by atoms with E-state index in [1.165, 1.54) is 0 Å². The lowest BCUT2D eigenvalue weighted by Gasteiger charge is -2.28. The highest BCUT2D eigenvalue weighted by Crippen LogP contribution is 2.59. The van der Waals surface area contributed by atoms with Crippen LogP contribution in [0.5, 0.6) is 5.75 Å². The number of amides is 1. The Morgan fingerprint density at radius 3 is 2.64 bits per heavy atom. The number of carbonyl (C=O) groups is 3. The number of aromatic nitrogens is 1. The predicted octanol–water partition coefficient (Wildman–Crippen LogP) is 5.73. The van der Waals surface area contributed by atoms with Crippen molar-refractivity contribution in [2.24, 2.45) is 11.8 Å². The van der Waals surface area contributed by atoms with Crippen LogP contribution in [0, 0.1) is 11.8 Å². The largest absolute Gasteiger partial charge is 0.476 e. The normalized spacial score (nSPS) is 22.7. The molecular formula is C34H30BrN3O7. The molecule has 3 aromatic carbocycles. The maximum atomic E-state index is 13.9. The van der Waals surface area contributed by atoms with Gasteiger partial charge in [-0.15, -0.1) is 0 Å². The second-order valence-corrected chi connectivity index (χ2v) is 12.8. The van der Waals surface area contributed by atoms with Gasteiger partial charge in [0.2, 0.25) is 11.8 Å². The minimum atomic E-state index is -1.26. The van der Waals surface area contributed by atoms with E-state index in [2.05, 4.69) is 31.5 Å². The lowest BCUT2D eigenvalue weighted by molar-refractivity contribution is -0.148. The number of rotatable bonds is 6. The van der Waals surface area contributed by atoms with Gasteiger partial charge in [-0.3, -0.25) is 9.59 Å². The molecular weight excluding hydrogens is 642 g/mol. The fourth-order valence-electron chi connectivity index (χ4n) is 6.60. The Kier molecular flexibility index (Phi) is 7.15. The van der Waals surface area contributed by atoms with Gasteiger partial charge >= 0.3 is 11.9 Å². The number of carboxylic acids is 1. The minimum Gasteiger partial charge on any atom is -0.476 e. The Morgan fingerprint density at radius 2 is 1.89 bits per heavy atom. The van der Waals surface area contributed by atoms with E-state index in [0.29, 0.717) is 11.3 Å². The van der Waals surface area contributed by atoms with Crippen molar-refractivity contribution in [1.29, 1.82) is 0 Å². The molecule has 0 saturated carbocycles. The Hall–Kier alpha value is -4.64. The number of aromatic carboxylic acids is 1. The van der Waals surface area contributed by atoms with Gasteiger partial charge in [0, 0.05) is 15.6 Å². The number of carbonyl (C=O) groups excluding carboxylic acids is 2. The molecule has 4 atom stereocenters. The van der Waals surface area contributed by atoms with Crippen molar-refractivity contribution < 1.29 is 33.4 Å². The van der Waals surface area contributed by atoms with Crippen molar-refractivity contribution in [2.75, 3.05) is 5.32 Å². The van der Waals surface area contributed by atoms with Gasteiger partial charge in [-0.2, -0.15) is 0 Å². The summed E-state index contributed by atoms with van der Waals surface area (Å²) in [5.74, 6) is -2.41. The van der Waals surface area contributed by atoms with Crippen LogP contribution in [0.3, 0.4) is 0 Å². The average Bonchev–Trinajstić information content (AvgIpc) is 3.68. The summed E-state index contributed by atoms with van der Waals surface area (Å²) in [6.45, 7) is 3.87. The zero-order chi connectivity index (χ0) is 31.5. The number of benzene rings is 3. The van der Waals surface area contributed by atoms with E-state index in [4.69, 9.17) is 13.9 Å². The first-order valence-electron chi connectivity index (χ1n) is 14.8. The number of nitrogens with one attached hydrogen (secondary N) is 2. The van der Waals surface area contributed by atoms with Gasteiger partial charge in [-0.25, -0.2) is 9.78 Å². The zero-order valence-electron chi connectivity index (χ0n) is 24.5. The van der Waals surface area contributed by atoms with Crippen LogP contribution in [0.15, 0.2) is 75.6 Å². The summed E-state index contributed by atoms with van der Waals surface area (Å²) in [7, 11) is 0. The van der Waals surface area contributed by atoms with Crippen LogP contribution in [0.2, 0.25) is 0 Å². The molecule has 10 nitrogen and oxygen atoms in total. The standard InChI is InChI=1S/C34H30BrN3O7/c1-17(2)26-31-37-28(32(41)42)29(45-31)34-21-9-6-10-23(35)27(21)38-33(34)44-24-12-11-19(14-22(24)34)13-20(30(40)36-26)15-25(39)43-16-18-7-4-3-5-8-18/h3-12,14,17,20,26,33,38H,13,15-16H2,1-2H3,(H,36,40)(H,41,42)/t20-,26+,33?,34+/m1/s1. The maximum Gasteiger partial charge on any atom is 0.358 e. The molecule has 4 aromatic rings. The number of para-hydroxylation sites is 1. The molecule has 0 fully saturated rings. The molecule has 3 aliphatic heterocycles. The van der Waals surface area contributed by atoms with Gasteiger partial charge in [0.25, 0.3) is 0 Å². The van der Waals surface area contributed by atoms with Gasteiger partial charge in [0.15, 0.2) is 17.7 Å². The van der Waals surface area contributed by atoms with Crippen LogP contribution in [0.1, 0.15) is 70.7 Å². The second-order valence-electron chi connectivity index (χ2n) is 12.0. The highest BCUT2D eigenvalue weighted by Gasteiger charge is 2.61. The molecule has 1 spiro atoms. The Bertz CT molecular complexity index is 1840. The predicted molar refractivity (Wildman–Crippen MR) is 166 cm³/mol. The highest BCUT2D eigenvalue weighted by molar-refractivity contribution is 9.10. The van der Waals surface area contributed by atoms with Crippen molar-refractivity contribution in [2.45, 2.75) is 51.0 Å². The fourth-order valence-corrected chi connectivity index (χ4v) is 7.08. The first kappa shape index (κ1) is 29.1. The molecule has 0 saturated heterocycles. The van der Waals surface area contributed by atoms with Crippen LogP contribution >= 0.6 is 15.9 Å². The lowest BCUT2D eigenvalue weighted by atomic mass is 9.72. The molecule has 4 bridgehead atoms. The Morgan fingerprint density at radius 1 is 1.09 bits per heavy atom. The fraction of sp³-hybridized carbons (Fsp3) is 0.294. The molecule has 7 rings (SSSR count). The molecule has 1 unspecified atom stereocenters. The van der Waals surface area contributed by atoms with Gasteiger partial charge < -0.3 is 29.6 Å². The number of ether oxygens (including phenoxy) is 2. The van der Waals surface area contributed by atoms with Gasteiger partial charge in [-0.05, 0) is 51.5 Å². The first-order valence-corrected chi connectivity index (χ1v) is 15.6. The van der Waals surface area contributed by atoms with Crippen LogP contribution in [-0.4, -0.2) is 34.2 Å². The van der Waals surface area contributed by atoms with E-state index in [-0.39, 0.29) is 48.6 Å². The van der Waals surface area contributed by atoms with Gasteiger partial charge in [0.05, 0.1) is 18.0 Å². The molecule has 1 aromatic heterocycles. The molecule has 0 aliphatic carbocycles. The van der Waals surface area contributed by atoms with Crippen molar-refractivity contribution in [3.8, 4) is 5.75 Å². The van der Waals surface area contributed by atoms with Crippen LogP contribution in [0.4, 0.5) is 5.69 Å². The average molecular weight is 673 g/mol. The first-order chi connectivity index (χ1) is 21.7. The number of carboxylic acid groups (broad SMARTS) is 1. The molecule has 1 amide bonds. The van der Waals surface area contributed by atoms with E-state index < -0.39 is 35.5 Å². The minimum absolute atomic E-state index is 0.0675. The van der Waals surface area contributed by atoms with Crippen molar-refractivity contribution in [1.82, 2.24) is 10.3 Å². The summed E-state index contributed by atoms with van der Waals surface area (Å²) in [6, 6.07) is 19.9. The van der Waals surface area contributed by atoms with Gasteiger partial charge in [-0.1, -0.05) is 68.4 Å². The van der Waals surface area contributed by atoms with E-state index in [0.717, 1.165) is 26.9 Å². The van der Waals surface area contributed by atoms with E-state index in [1.54, 1.807) is 0 Å². The summed E-state index contributed by atoms with van der Waals surface area (Å²) in [4.78, 5) is 44.2. The van der Waals surface area contributed by atoms with E-state index in [1.807, 2.05) is 80.6 Å². The highest BCUT2D eigenvalue weighted by atomic mass is 79.9. The van der Waals surface area contributed by atoms with Crippen LogP contribution in [-0.2, 0) is 32.8 Å². The summed E-state index contributed by atoms with van der Waals surface area (Å²) in [5.41, 5.74) is 2.38. The van der Waals surface area contributed by atoms with Crippen LogP contribution < -0.4 is 15.4 Å². The summed E-state index contributed by atoms with van der Waals surface area (Å²) < 4.78 is 19.3. The maximum absolute atomic E-state index is 13.9. The van der Waals surface area contributed by atoms with Gasteiger partial charge in [0.1, 0.15) is 23.8 Å². The molecule has 0 radical (unpaired) electrons. The third-order valence-corrected chi connectivity index (χ3v) is 9.43. The monoisotopic (exact) mass is 671 g/mol. The quantitative estimate of drug-likeness (QED) is 0.219. The Balaban J connectivity index is 1.36. The van der Waals surface area contributed by atoms with E-state index in [9.17, 15) is 19.5 Å². The Labute approximate surface area is 267 Å². The number of hydrogen-bond acceptors (Lipinski definition) is 8. The van der Waals surface area contributed by atoms with Crippen molar-refractivity contribution in [3.05, 3.63) is 111 Å². The molecule has 4 heterocycles. The lowest BCUT2D eigenvalue weighted by Crippen LogP contribution is -2.41. The topological polar surface area (TPSA) is 140 Å². The van der Waals surface area contributed by atoms with Crippen molar-refractivity contribution >= 4 is 39.5 Å². The summed E-state index contributed by atoms with van der Waals surface area (Å²) >= 11 is 3.63. The molecule has 3 aliphatic rings. The molecule has 45 heavy (non-hydrogen) atoms. The molecule has 230 valence electrons. The number of nitrogens with zero attached hydrogens (tertiary/aromatic N) is 1. The number of halogens is 1. The smallest absolute Gasteiger partial charge is 0.358 e. The molecule has 11 heteroatoms. The third kappa shape index (κ3) is 4.77. The number of oxazole rings is 1. The third-order valence-electron chi connectivity index (χ3n) is 8.76. The summed E-state index contributed by atoms with van der Waals surface area (Å²) in [5, 5.41) is 16.9. The van der Waals surface area contributed by atoms with Crippen LogP contribution in [0.25, 0.3) is 0 Å². The molecule has 3 N–H and O–H groups in total. The van der Waals surface area contributed by atoms with E-state index >= 15 is 0 Å².